The Morgan fingerprint density at radius 1 is 1.54 bits per heavy atom. The van der Waals surface area contributed by atoms with Gasteiger partial charge in [0, 0.05) is 5.38 Å². The van der Waals surface area contributed by atoms with E-state index in [1.807, 2.05) is 12.2 Å². The number of hydrogen-bond donors (Lipinski definition) is 0. The number of ether oxygens (including phenoxy) is 1. The summed E-state index contributed by atoms with van der Waals surface area (Å²) in [5.74, 6) is -0.0580. The molecule has 0 aromatic carbocycles. The number of allylic oxidation sites excluding steroid dienone is 2. The lowest BCUT2D eigenvalue weighted by molar-refractivity contribution is -0.411. The van der Waals surface area contributed by atoms with Crippen molar-refractivity contribution in [2.45, 2.75) is 5.38 Å². The van der Waals surface area contributed by atoms with Crippen LogP contribution in [0.15, 0.2) is 24.3 Å². The Kier molecular flexibility index (Phi) is 2.10. The van der Waals surface area contributed by atoms with Crippen LogP contribution in [0.25, 0.3) is 0 Å². The lowest BCUT2D eigenvalue weighted by atomic mass is 10.1. The molecule has 0 radical (unpaired) electrons. The highest BCUT2D eigenvalue weighted by Gasteiger charge is 2.25. The van der Waals surface area contributed by atoms with Crippen LogP contribution in [0, 0.1) is 6.04 Å². The van der Waals surface area contributed by atoms with E-state index in [4.69, 9.17) is 16.3 Å². The van der Waals surface area contributed by atoms with E-state index in [9.17, 15) is 4.79 Å². The molecule has 0 fully saturated rings. The smallest absolute Gasteiger partial charge is 0.367 e. The van der Waals surface area contributed by atoms with E-state index < -0.39 is 0 Å². The molecular weight excluding hydrogens is 190 g/mol. The summed E-state index contributed by atoms with van der Waals surface area (Å²) in [6.45, 7) is 0.121. The van der Waals surface area contributed by atoms with Gasteiger partial charge in [-0.1, -0.05) is 12.2 Å². The fourth-order valence-electron chi connectivity index (χ4n) is 1.18. The second-order valence-corrected chi connectivity index (χ2v) is 3.27. The van der Waals surface area contributed by atoms with E-state index in [0.29, 0.717) is 0 Å². The van der Waals surface area contributed by atoms with Crippen LogP contribution in [0.3, 0.4) is 0 Å². The summed E-state index contributed by atoms with van der Waals surface area (Å²) >= 11 is 5.79. The Morgan fingerprint density at radius 2 is 2.23 bits per heavy atom. The van der Waals surface area contributed by atoms with Crippen LogP contribution < -0.4 is 0 Å². The van der Waals surface area contributed by atoms with Crippen LogP contribution in [0.5, 0.6) is 0 Å². The molecule has 2 aliphatic rings. The normalized spacial score (nSPS) is 22.1. The summed E-state index contributed by atoms with van der Waals surface area (Å²) in [5.41, 5.74) is 0. The number of amides is 1. The predicted molar refractivity (Wildman–Crippen MR) is 48.4 cm³/mol. The zero-order valence-corrected chi connectivity index (χ0v) is 7.57. The first-order valence-electron chi connectivity index (χ1n) is 3.92. The van der Waals surface area contributed by atoms with Crippen LogP contribution in [0.4, 0.5) is 0 Å². The zero-order chi connectivity index (χ0) is 9.26. The standard InChI is InChI=1S/C9H8ClNO2/c10-7-1-3-8(4-2-7)11-6-13-5-9(11)12/h1-4,6-7H,5H2. The van der Waals surface area contributed by atoms with E-state index in [1.165, 1.54) is 11.0 Å². The molecule has 13 heavy (non-hydrogen) atoms. The van der Waals surface area contributed by atoms with Crippen LogP contribution in [0.2, 0.25) is 0 Å². The van der Waals surface area contributed by atoms with Gasteiger partial charge in [0.2, 0.25) is 0 Å². The monoisotopic (exact) mass is 197 g/mol. The molecule has 0 N–H and O–H groups in total. The topological polar surface area (TPSA) is 29.3 Å². The van der Waals surface area contributed by atoms with Crippen molar-refractivity contribution in [3.8, 4) is 0 Å². The van der Waals surface area contributed by atoms with Crippen LogP contribution in [0.1, 0.15) is 0 Å². The minimum absolute atomic E-state index is 0.0580. The third-order valence-corrected chi connectivity index (χ3v) is 2.13. The van der Waals surface area contributed by atoms with Gasteiger partial charge in [0.25, 0.3) is 6.40 Å². The SMILES string of the molecule is O=C1COC=[N+]1[C-]1C=CC(Cl)C=C1. The molecule has 1 amide bonds. The van der Waals surface area contributed by atoms with Gasteiger partial charge < -0.3 is 4.74 Å². The predicted octanol–water partition coefficient (Wildman–Crippen LogP) is 0.849. The van der Waals surface area contributed by atoms with E-state index in [2.05, 4.69) is 0 Å². The summed E-state index contributed by atoms with van der Waals surface area (Å²) in [4.78, 5) is 11.2. The number of hydrogen-bond acceptors (Lipinski definition) is 2. The number of alkyl halides is 1. The summed E-state index contributed by atoms with van der Waals surface area (Å²) in [7, 11) is 0. The average Bonchev–Trinajstić information content (AvgIpc) is 2.53. The van der Waals surface area contributed by atoms with Crippen molar-refractivity contribution in [3.05, 3.63) is 30.3 Å². The van der Waals surface area contributed by atoms with Crippen molar-refractivity contribution in [2.75, 3.05) is 6.61 Å². The quantitative estimate of drug-likeness (QED) is 0.354. The molecule has 0 saturated heterocycles. The van der Waals surface area contributed by atoms with Crippen molar-refractivity contribution in [3.63, 3.8) is 0 Å². The van der Waals surface area contributed by atoms with Crippen LogP contribution in [-0.2, 0) is 9.53 Å². The van der Waals surface area contributed by atoms with Crippen molar-refractivity contribution in [2.24, 2.45) is 0 Å². The zero-order valence-electron chi connectivity index (χ0n) is 6.81. The number of rotatable bonds is 1. The molecule has 1 aliphatic heterocycles. The van der Waals surface area contributed by atoms with Crippen molar-refractivity contribution in [1.82, 2.24) is 0 Å². The largest absolute Gasteiger partial charge is 0.477 e. The third kappa shape index (κ3) is 1.60. The Labute approximate surface area is 81.0 Å². The van der Waals surface area contributed by atoms with Crippen LogP contribution in [-0.4, -0.2) is 28.9 Å². The van der Waals surface area contributed by atoms with Crippen LogP contribution >= 0.6 is 11.6 Å². The maximum Gasteiger partial charge on any atom is 0.367 e. The Bertz CT molecular complexity index is 306. The molecule has 0 saturated carbocycles. The number of halogens is 1. The maximum atomic E-state index is 11.2. The molecule has 0 aromatic heterocycles. The third-order valence-electron chi connectivity index (χ3n) is 1.84. The molecule has 0 unspecified atom stereocenters. The van der Waals surface area contributed by atoms with Gasteiger partial charge >= 0.3 is 5.91 Å². The molecular formula is C9H8ClNO2. The Hall–Kier alpha value is -1.22. The van der Waals surface area contributed by atoms with E-state index in [0.717, 1.165) is 6.04 Å². The minimum atomic E-state index is -0.0811. The Morgan fingerprint density at radius 3 is 2.77 bits per heavy atom. The molecule has 2 rings (SSSR count). The number of carbonyl (C=O) groups is 1. The van der Waals surface area contributed by atoms with Gasteiger partial charge in [-0.2, -0.15) is 4.58 Å². The number of nitrogens with zero attached hydrogens (tertiary/aromatic N) is 1. The second kappa shape index (κ2) is 3.26. The molecule has 0 spiro atoms. The molecule has 1 aliphatic carbocycles. The fraction of sp³-hybridized carbons (Fsp3) is 0.222. The van der Waals surface area contributed by atoms with Gasteiger partial charge in [-0.25, -0.2) is 0 Å². The molecule has 0 atom stereocenters. The molecule has 3 nitrogen and oxygen atoms in total. The maximum absolute atomic E-state index is 11.2. The highest BCUT2D eigenvalue weighted by molar-refractivity contribution is 6.23. The van der Waals surface area contributed by atoms with Gasteiger partial charge in [-0.05, 0) is 0 Å². The van der Waals surface area contributed by atoms with Crippen molar-refractivity contribution < 1.29 is 14.1 Å². The molecule has 0 aromatic rings. The van der Waals surface area contributed by atoms with E-state index >= 15 is 0 Å². The second-order valence-electron chi connectivity index (χ2n) is 2.77. The summed E-state index contributed by atoms with van der Waals surface area (Å²) in [6.07, 6.45) is 8.66. The fourth-order valence-corrected chi connectivity index (χ4v) is 1.32. The van der Waals surface area contributed by atoms with Gasteiger partial charge in [0.05, 0.1) is 0 Å². The van der Waals surface area contributed by atoms with E-state index in [-0.39, 0.29) is 17.9 Å². The molecule has 1 heterocycles. The lowest BCUT2D eigenvalue weighted by Gasteiger charge is -2.12. The minimum Gasteiger partial charge on any atom is -0.477 e. The average molecular weight is 198 g/mol. The molecule has 4 heteroatoms. The highest BCUT2D eigenvalue weighted by Crippen LogP contribution is 2.17. The summed E-state index contributed by atoms with van der Waals surface area (Å²) < 4.78 is 6.35. The van der Waals surface area contributed by atoms with Gasteiger partial charge in [0.15, 0.2) is 6.61 Å². The van der Waals surface area contributed by atoms with Crippen molar-refractivity contribution in [1.29, 1.82) is 0 Å². The summed E-state index contributed by atoms with van der Waals surface area (Å²) in [6, 6.07) is 0.791. The first kappa shape index (κ1) is 8.38. The highest BCUT2D eigenvalue weighted by atomic mass is 35.5. The van der Waals surface area contributed by atoms with E-state index in [1.54, 1.807) is 12.2 Å². The number of carbonyl (C=O) groups excluding carboxylic acids is 1. The summed E-state index contributed by atoms with van der Waals surface area (Å²) in [5, 5.41) is -0.0811. The van der Waals surface area contributed by atoms with Gasteiger partial charge in [0.1, 0.15) is 6.04 Å². The van der Waals surface area contributed by atoms with Gasteiger partial charge in [-0.3, -0.25) is 4.79 Å². The Balaban J connectivity index is 2.15. The molecule has 0 bridgehead atoms. The first-order valence-corrected chi connectivity index (χ1v) is 4.35. The lowest BCUT2D eigenvalue weighted by Crippen LogP contribution is -2.22. The van der Waals surface area contributed by atoms with Gasteiger partial charge in [-0.15, -0.1) is 23.8 Å². The van der Waals surface area contributed by atoms with Crippen molar-refractivity contribution >= 4 is 23.9 Å². The molecule has 68 valence electrons. The first-order chi connectivity index (χ1) is 6.27.